The van der Waals surface area contributed by atoms with Gasteiger partial charge in [-0.2, -0.15) is 13.2 Å². The third-order valence-corrected chi connectivity index (χ3v) is 4.05. The van der Waals surface area contributed by atoms with Crippen LogP contribution in [0.5, 0.6) is 0 Å². The minimum Gasteiger partial charge on any atom is -0.350 e. The van der Waals surface area contributed by atoms with Gasteiger partial charge in [-0.25, -0.2) is 4.98 Å². The predicted octanol–water partition coefficient (Wildman–Crippen LogP) is 3.06. The van der Waals surface area contributed by atoms with Crippen molar-refractivity contribution in [3.8, 4) is 12.3 Å². The van der Waals surface area contributed by atoms with Gasteiger partial charge in [0.2, 0.25) is 5.91 Å². The van der Waals surface area contributed by atoms with Crippen molar-refractivity contribution >= 4 is 52.9 Å². The molecule has 2 aromatic rings. The summed E-state index contributed by atoms with van der Waals surface area (Å²) in [6, 6.07) is 6.82. The Morgan fingerprint density at radius 2 is 2.11 bits per heavy atom. The SMILES string of the molecule is C#Cc1cccc(NC(=O)CNC(=NC)NCc2nc(C(F)(F)F)cs2)c1.I. The Morgan fingerprint density at radius 3 is 2.71 bits per heavy atom. The van der Waals surface area contributed by atoms with E-state index in [4.69, 9.17) is 6.42 Å². The second kappa shape index (κ2) is 10.9. The molecule has 0 aliphatic heterocycles. The Bertz CT molecular complexity index is 876. The lowest BCUT2D eigenvalue weighted by molar-refractivity contribution is -0.140. The number of terminal acetylenes is 1. The van der Waals surface area contributed by atoms with Gasteiger partial charge in [0.15, 0.2) is 11.7 Å². The van der Waals surface area contributed by atoms with Gasteiger partial charge in [-0.3, -0.25) is 9.79 Å². The molecule has 1 aromatic heterocycles. The smallest absolute Gasteiger partial charge is 0.350 e. The molecule has 1 amide bonds. The molecule has 2 rings (SSSR count). The molecule has 0 atom stereocenters. The first-order valence-electron chi connectivity index (χ1n) is 7.64. The van der Waals surface area contributed by atoms with Gasteiger partial charge in [0.1, 0.15) is 5.01 Å². The molecule has 0 aliphatic rings. The molecule has 0 unspecified atom stereocenters. The number of anilines is 1. The number of guanidine groups is 1. The van der Waals surface area contributed by atoms with Gasteiger partial charge in [-0.1, -0.05) is 12.0 Å². The van der Waals surface area contributed by atoms with Crippen LogP contribution >= 0.6 is 35.3 Å². The number of hydrogen-bond donors (Lipinski definition) is 3. The Balaban J connectivity index is 0.00000392. The van der Waals surface area contributed by atoms with Gasteiger partial charge >= 0.3 is 6.18 Å². The van der Waals surface area contributed by atoms with E-state index >= 15 is 0 Å². The minimum absolute atomic E-state index is 0. The van der Waals surface area contributed by atoms with Crippen LogP contribution in [0.3, 0.4) is 0 Å². The zero-order valence-electron chi connectivity index (χ0n) is 14.6. The van der Waals surface area contributed by atoms with Gasteiger partial charge in [0.05, 0.1) is 13.1 Å². The summed E-state index contributed by atoms with van der Waals surface area (Å²) in [5, 5.41) is 9.44. The molecular formula is C17H17F3IN5OS. The number of hydrogen-bond acceptors (Lipinski definition) is 4. The van der Waals surface area contributed by atoms with E-state index in [2.05, 4.69) is 31.8 Å². The summed E-state index contributed by atoms with van der Waals surface area (Å²) < 4.78 is 37.6. The molecular weight excluding hydrogens is 506 g/mol. The van der Waals surface area contributed by atoms with E-state index in [-0.39, 0.29) is 53.9 Å². The summed E-state index contributed by atoms with van der Waals surface area (Å²) in [7, 11) is 1.48. The van der Waals surface area contributed by atoms with E-state index in [0.29, 0.717) is 11.3 Å². The summed E-state index contributed by atoms with van der Waals surface area (Å²) in [4.78, 5) is 19.4. The van der Waals surface area contributed by atoms with Crippen LogP contribution in [0.25, 0.3) is 0 Å². The van der Waals surface area contributed by atoms with Crippen LogP contribution in [0.4, 0.5) is 18.9 Å². The van der Waals surface area contributed by atoms with Gasteiger partial charge in [-0.05, 0) is 18.2 Å². The van der Waals surface area contributed by atoms with Crippen molar-refractivity contribution in [2.45, 2.75) is 12.7 Å². The first-order chi connectivity index (χ1) is 12.8. The third-order valence-electron chi connectivity index (χ3n) is 3.20. The lowest BCUT2D eigenvalue weighted by Gasteiger charge is -2.11. The number of aliphatic imine (C=N–C) groups is 1. The number of amides is 1. The molecule has 150 valence electrons. The monoisotopic (exact) mass is 523 g/mol. The number of aromatic nitrogens is 1. The van der Waals surface area contributed by atoms with Gasteiger partial charge in [0, 0.05) is 23.7 Å². The number of thiazole rings is 1. The molecule has 0 saturated carbocycles. The highest BCUT2D eigenvalue weighted by Crippen LogP contribution is 2.29. The number of rotatable bonds is 5. The number of nitrogens with zero attached hydrogens (tertiary/aromatic N) is 2. The number of halogens is 4. The number of benzene rings is 1. The maximum atomic E-state index is 12.5. The minimum atomic E-state index is -4.47. The topological polar surface area (TPSA) is 78.4 Å². The second-order valence-electron chi connectivity index (χ2n) is 5.18. The van der Waals surface area contributed by atoms with Crippen molar-refractivity contribution in [1.82, 2.24) is 15.6 Å². The summed E-state index contributed by atoms with van der Waals surface area (Å²) in [6.07, 6.45) is 0.838. The highest BCUT2D eigenvalue weighted by molar-refractivity contribution is 14.0. The van der Waals surface area contributed by atoms with Gasteiger partial charge in [0.25, 0.3) is 0 Å². The molecule has 0 bridgehead atoms. The Kier molecular flexibility index (Phi) is 9.20. The normalized spacial score (nSPS) is 11.2. The van der Waals surface area contributed by atoms with Crippen LogP contribution in [0.1, 0.15) is 16.3 Å². The Hall–Kier alpha value is -2.33. The summed E-state index contributed by atoms with van der Waals surface area (Å²) in [5.41, 5.74) is 0.267. The van der Waals surface area contributed by atoms with Crippen molar-refractivity contribution in [2.75, 3.05) is 18.9 Å². The van der Waals surface area contributed by atoms with E-state index in [0.717, 1.165) is 16.7 Å². The summed E-state index contributed by atoms with van der Waals surface area (Å²) in [5.74, 6) is 2.40. The zero-order chi connectivity index (χ0) is 19.9. The predicted molar refractivity (Wildman–Crippen MR) is 114 cm³/mol. The molecule has 0 saturated heterocycles. The van der Waals surface area contributed by atoms with Crippen molar-refractivity contribution in [2.24, 2.45) is 4.99 Å². The van der Waals surface area contributed by atoms with E-state index in [1.54, 1.807) is 24.3 Å². The standard InChI is InChI=1S/C17H16F3N5OS.HI/c1-3-11-5-4-6-12(7-11)24-14(26)8-22-16(21-2)23-9-15-25-13(10-27-15)17(18,19)20;/h1,4-7,10H,8-9H2,2H3,(H,24,26)(H2,21,22,23);1H. The highest BCUT2D eigenvalue weighted by Gasteiger charge is 2.33. The van der Waals surface area contributed by atoms with E-state index in [9.17, 15) is 18.0 Å². The molecule has 0 fully saturated rings. The molecule has 0 radical (unpaired) electrons. The van der Waals surface area contributed by atoms with Crippen molar-refractivity contribution in [1.29, 1.82) is 0 Å². The van der Waals surface area contributed by atoms with Gasteiger partial charge < -0.3 is 16.0 Å². The first kappa shape index (κ1) is 23.7. The maximum Gasteiger partial charge on any atom is 0.434 e. The van der Waals surface area contributed by atoms with Crippen LogP contribution < -0.4 is 16.0 Å². The largest absolute Gasteiger partial charge is 0.434 e. The molecule has 11 heteroatoms. The fourth-order valence-electron chi connectivity index (χ4n) is 1.96. The van der Waals surface area contributed by atoms with Crippen molar-refractivity contribution in [3.05, 3.63) is 45.9 Å². The fraction of sp³-hybridized carbons (Fsp3) is 0.235. The third kappa shape index (κ3) is 7.35. The number of carbonyl (C=O) groups is 1. The Labute approximate surface area is 181 Å². The fourth-order valence-corrected chi connectivity index (χ4v) is 2.70. The molecule has 0 spiro atoms. The van der Waals surface area contributed by atoms with Gasteiger partial charge in [-0.15, -0.1) is 41.7 Å². The zero-order valence-corrected chi connectivity index (χ0v) is 17.8. The molecule has 1 aromatic carbocycles. The maximum absolute atomic E-state index is 12.5. The average molecular weight is 523 g/mol. The average Bonchev–Trinajstić information content (AvgIpc) is 3.11. The molecule has 28 heavy (non-hydrogen) atoms. The van der Waals surface area contributed by atoms with E-state index in [1.165, 1.54) is 7.05 Å². The van der Waals surface area contributed by atoms with E-state index in [1.807, 2.05) is 0 Å². The second-order valence-corrected chi connectivity index (χ2v) is 6.12. The highest BCUT2D eigenvalue weighted by atomic mass is 127. The summed E-state index contributed by atoms with van der Waals surface area (Å²) in [6.45, 7) is -0.0438. The van der Waals surface area contributed by atoms with Crippen molar-refractivity contribution < 1.29 is 18.0 Å². The quantitative estimate of drug-likeness (QED) is 0.244. The Morgan fingerprint density at radius 1 is 1.36 bits per heavy atom. The number of alkyl halides is 3. The van der Waals surface area contributed by atoms with Crippen molar-refractivity contribution in [3.63, 3.8) is 0 Å². The lowest BCUT2D eigenvalue weighted by Crippen LogP contribution is -2.41. The summed E-state index contributed by atoms with van der Waals surface area (Å²) >= 11 is 0.887. The van der Waals surface area contributed by atoms with Crippen LogP contribution in [0, 0.1) is 12.3 Å². The molecule has 1 heterocycles. The van der Waals surface area contributed by atoms with Crippen LogP contribution in [-0.4, -0.2) is 30.4 Å². The molecule has 6 nitrogen and oxygen atoms in total. The molecule has 3 N–H and O–H groups in total. The number of nitrogens with one attached hydrogen (secondary N) is 3. The van der Waals surface area contributed by atoms with Crippen LogP contribution in [0.15, 0.2) is 34.6 Å². The van der Waals surface area contributed by atoms with Crippen LogP contribution in [0.2, 0.25) is 0 Å². The first-order valence-corrected chi connectivity index (χ1v) is 8.52. The van der Waals surface area contributed by atoms with Crippen LogP contribution in [-0.2, 0) is 17.5 Å². The van der Waals surface area contributed by atoms with E-state index < -0.39 is 11.9 Å². The molecule has 0 aliphatic carbocycles. The lowest BCUT2D eigenvalue weighted by atomic mass is 10.2. The number of carbonyl (C=O) groups excluding carboxylic acids is 1.